The van der Waals surface area contributed by atoms with Crippen LogP contribution in [0.1, 0.15) is 35.4 Å². The van der Waals surface area contributed by atoms with E-state index in [0.29, 0.717) is 18.3 Å². The average Bonchev–Trinajstić information content (AvgIpc) is 2.95. The molecule has 0 amide bonds. The Labute approximate surface area is 121 Å². The van der Waals surface area contributed by atoms with Gasteiger partial charge in [-0.15, -0.1) is 11.6 Å². The summed E-state index contributed by atoms with van der Waals surface area (Å²) in [5.41, 5.74) is 3.14. The first kappa shape index (κ1) is 13.1. The Morgan fingerprint density at radius 1 is 1.30 bits per heavy atom. The third-order valence-corrected chi connectivity index (χ3v) is 3.35. The largest absolute Gasteiger partial charge is 0.340 e. The summed E-state index contributed by atoms with van der Waals surface area (Å²) in [5.74, 6) is 2.00. The van der Waals surface area contributed by atoms with E-state index in [0.717, 1.165) is 16.9 Å². The standard InChI is InChI=1S/C14H15ClN4O/c1-8-4-5-11-12(6-8)19(14(17-11)9(2)15)7-13-16-10(3)20-18-13/h4-6,9H,7H2,1-3H3. The molecule has 0 bridgehead atoms. The van der Waals surface area contributed by atoms with Crippen molar-refractivity contribution >= 4 is 22.6 Å². The molecule has 0 aliphatic rings. The number of aromatic nitrogens is 4. The molecule has 104 valence electrons. The summed E-state index contributed by atoms with van der Waals surface area (Å²) in [7, 11) is 0. The minimum absolute atomic E-state index is 0.185. The third-order valence-electron chi connectivity index (χ3n) is 3.16. The fraction of sp³-hybridized carbons (Fsp3) is 0.357. The van der Waals surface area contributed by atoms with Crippen molar-refractivity contribution < 1.29 is 4.52 Å². The van der Waals surface area contributed by atoms with Crippen LogP contribution in [-0.2, 0) is 6.54 Å². The molecule has 0 saturated carbocycles. The van der Waals surface area contributed by atoms with Crippen molar-refractivity contribution in [1.29, 1.82) is 0 Å². The van der Waals surface area contributed by atoms with Gasteiger partial charge >= 0.3 is 0 Å². The molecule has 0 radical (unpaired) electrons. The van der Waals surface area contributed by atoms with Crippen molar-refractivity contribution in [3.63, 3.8) is 0 Å². The Balaban J connectivity index is 2.15. The van der Waals surface area contributed by atoms with Gasteiger partial charge in [-0.05, 0) is 31.5 Å². The molecule has 6 heteroatoms. The Hall–Kier alpha value is -1.88. The van der Waals surface area contributed by atoms with Gasteiger partial charge in [0, 0.05) is 6.92 Å². The molecule has 20 heavy (non-hydrogen) atoms. The van der Waals surface area contributed by atoms with Crippen molar-refractivity contribution in [3.8, 4) is 0 Å². The van der Waals surface area contributed by atoms with Crippen LogP contribution in [0.15, 0.2) is 22.7 Å². The molecule has 5 nitrogen and oxygen atoms in total. The van der Waals surface area contributed by atoms with E-state index in [9.17, 15) is 0 Å². The van der Waals surface area contributed by atoms with E-state index in [1.807, 2.05) is 23.6 Å². The predicted octanol–water partition coefficient (Wildman–Crippen LogP) is 3.38. The number of nitrogens with zero attached hydrogens (tertiary/aromatic N) is 4. The second kappa shape index (κ2) is 4.90. The first-order valence-electron chi connectivity index (χ1n) is 6.44. The number of benzene rings is 1. The molecule has 0 fully saturated rings. The number of alkyl halides is 1. The smallest absolute Gasteiger partial charge is 0.223 e. The highest BCUT2D eigenvalue weighted by atomic mass is 35.5. The molecule has 0 saturated heterocycles. The predicted molar refractivity (Wildman–Crippen MR) is 76.9 cm³/mol. The summed E-state index contributed by atoms with van der Waals surface area (Å²) in [4.78, 5) is 8.85. The van der Waals surface area contributed by atoms with Gasteiger partial charge in [0.25, 0.3) is 0 Å². The Morgan fingerprint density at radius 2 is 2.10 bits per heavy atom. The van der Waals surface area contributed by atoms with Crippen LogP contribution in [0, 0.1) is 13.8 Å². The minimum atomic E-state index is -0.185. The quantitative estimate of drug-likeness (QED) is 0.694. The lowest BCUT2D eigenvalue weighted by Gasteiger charge is -2.08. The zero-order valence-corrected chi connectivity index (χ0v) is 12.3. The summed E-state index contributed by atoms with van der Waals surface area (Å²) in [6.45, 7) is 6.24. The van der Waals surface area contributed by atoms with Gasteiger partial charge in [0.05, 0.1) is 23.0 Å². The summed E-state index contributed by atoms with van der Waals surface area (Å²) in [5, 5.41) is 3.76. The number of halogens is 1. The van der Waals surface area contributed by atoms with Gasteiger partial charge in [-0.2, -0.15) is 4.98 Å². The molecule has 0 aliphatic carbocycles. The molecule has 1 aromatic carbocycles. The maximum Gasteiger partial charge on any atom is 0.223 e. The number of fused-ring (bicyclic) bond motifs is 1. The molecule has 3 rings (SSSR count). The van der Waals surface area contributed by atoms with Crippen LogP contribution in [0.25, 0.3) is 11.0 Å². The number of hydrogen-bond acceptors (Lipinski definition) is 4. The summed E-state index contributed by atoms with van der Waals surface area (Å²) < 4.78 is 7.07. The van der Waals surface area contributed by atoms with Crippen molar-refractivity contribution in [2.24, 2.45) is 0 Å². The normalized spacial score (nSPS) is 13.0. The van der Waals surface area contributed by atoms with Gasteiger partial charge in [0.1, 0.15) is 5.82 Å². The van der Waals surface area contributed by atoms with Crippen LogP contribution < -0.4 is 0 Å². The molecule has 0 N–H and O–H groups in total. The Bertz CT molecular complexity index is 760. The van der Waals surface area contributed by atoms with Crippen molar-refractivity contribution in [2.45, 2.75) is 32.7 Å². The van der Waals surface area contributed by atoms with E-state index in [4.69, 9.17) is 16.1 Å². The molecule has 1 atom stereocenters. The van der Waals surface area contributed by atoms with E-state index in [2.05, 4.69) is 28.1 Å². The summed E-state index contributed by atoms with van der Waals surface area (Å²) >= 11 is 6.24. The van der Waals surface area contributed by atoms with Crippen LogP contribution in [0.3, 0.4) is 0 Å². The lowest BCUT2D eigenvalue weighted by atomic mass is 10.2. The molecule has 1 unspecified atom stereocenters. The lowest BCUT2D eigenvalue weighted by molar-refractivity contribution is 0.386. The summed E-state index contributed by atoms with van der Waals surface area (Å²) in [6.07, 6.45) is 0. The lowest BCUT2D eigenvalue weighted by Crippen LogP contribution is -2.07. The average molecular weight is 291 g/mol. The van der Waals surface area contributed by atoms with E-state index < -0.39 is 0 Å². The topological polar surface area (TPSA) is 56.7 Å². The van der Waals surface area contributed by atoms with Gasteiger partial charge in [0.2, 0.25) is 5.89 Å². The van der Waals surface area contributed by atoms with Gasteiger partial charge in [-0.25, -0.2) is 4.98 Å². The van der Waals surface area contributed by atoms with Crippen LogP contribution in [0.4, 0.5) is 0 Å². The first-order chi connectivity index (χ1) is 9.54. The fourth-order valence-electron chi connectivity index (χ4n) is 2.27. The number of hydrogen-bond donors (Lipinski definition) is 0. The van der Waals surface area contributed by atoms with Crippen LogP contribution in [-0.4, -0.2) is 19.7 Å². The van der Waals surface area contributed by atoms with Crippen LogP contribution in [0.2, 0.25) is 0 Å². The van der Waals surface area contributed by atoms with E-state index in [-0.39, 0.29) is 5.38 Å². The first-order valence-corrected chi connectivity index (χ1v) is 6.88. The highest BCUT2D eigenvalue weighted by molar-refractivity contribution is 6.20. The molecule has 2 aromatic heterocycles. The monoisotopic (exact) mass is 290 g/mol. The second-order valence-corrected chi connectivity index (χ2v) is 5.55. The summed E-state index contributed by atoms with van der Waals surface area (Å²) in [6, 6.07) is 6.14. The molecule has 2 heterocycles. The van der Waals surface area contributed by atoms with Crippen molar-refractivity contribution in [1.82, 2.24) is 19.7 Å². The van der Waals surface area contributed by atoms with Crippen molar-refractivity contribution in [3.05, 3.63) is 41.3 Å². The molecule has 0 aliphatic heterocycles. The fourth-order valence-corrected chi connectivity index (χ4v) is 2.43. The number of aryl methyl sites for hydroxylation is 2. The van der Waals surface area contributed by atoms with Gasteiger partial charge < -0.3 is 9.09 Å². The van der Waals surface area contributed by atoms with E-state index in [1.54, 1.807) is 6.92 Å². The van der Waals surface area contributed by atoms with Crippen LogP contribution >= 0.6 is 11.6 Å². The second-order valence-electron chi connectivity index (χ2n) is 4.89. The SMILES string of the molecule is Cc1ccc2nc(C(C)Cl)n(Cc3noc(C)n3)c2c1. The number of imidazole rings is 1. The Morgan fingerprint density at radius 3 is 2.75 bits per heavy atom. The van der Waals surface area contributed by atoms with E-state index in [1.165, 1.54) is 5.56 Å². The molecule has 3 aromatic rings. The Kier molecular flexibility index (Phi) is 3.22. The maximum absolute atomic E-state index is 6.24. The zero-order chi connectivity index (χ0) is 14.3. The van der Waals surface area contributed by atoms with Crippen LogP contribution in [0.5, 0.6) is 0 Å². The maximum atomic E-state index is 6.24. The third kappa shape index (κ3) is 2.29. The van der Waals surface area contributed by atoms with Gasteiger partial charge in [-0.1, -0.05) is 11.2 Å². The highest BCUT2D eigenvalue weighted by Gasteiger charge is 2.17. The highest BCUT2D eigenvalue weighted by Crippen LogP contribution is 2.25. The number of rotatable bonds is 3. The zero-order valence-electron chi connectivity index (χ0n) is 11.6. The minimum Gasteiger partial charge on any atom is -0.340 e. The molecular weight excluding hydrogens is 276 g/mol. The van der Waals surface area contributed by atoms with E-state index >= 15 is 0 Å². The molecule has 0 spiro atoms. The van der Waals surface area contributed by atoms with Crippen molar-refractivity contribution in [2.75, 3.05) is 0 Å². The molecular formula is C14H15ClN4O. The van der Waals surface area contributed by atoms with Gasteiger partial charge in [-0.3, -0.25) is 0 Å². The van der Waals surface area contributed by atoms with Gasteiger partial charge in [0.15, 0.2) is 5.82 Å².